The zero-order chi connectivity index (χ0) is 14.5. The third-order valence-electron chi connectivity index (χ3n) is 3.08. The molecule has 1 heterocycles. The van der Waals surface area contributed by atoms with Crippen molar-refractivity contribution < 1.29 is 9.53 Å². The topological polar surface area (TPSA) is 39.2 Å². The Labute approximate surface area is 119 Å². The average Bonchev–Trinajstić information content (AvgIpc) is 2.46. The molecule has 0 aliphatic heterocycles. The van der Waals surface area contributed by atoms with Gasteiger partial charge in [-0.05, 0) is 30.0 Å². The summed E-state index contributed by atoms with van der Waals surface area (Å²) in [4.78, 5) is 16.5. The lowest BCUT2D eigenvalue weighted by Gasteiger charge is -2.09. The number of ether oxygens (including phenoxy) is 1. The first-order valence-electron chi connectivity index (χ1n) is 6.73. The molecule has 0 unspecified atom stereocenters. The SMILES string of the molecule is COc1cnccc1C(=O)c1cccc(CC(C)C)c1. The summed E-state index contributed by atoms with van der Waals surface area (Å²) < 4.78 is 5.20. The van der Waals surface area contributed by atoms with Gasteiger partial charge in [0.2, 0.25) is 0 Å². The summed E-state index contributed by atoms with van der Waals surface area (Å²) >= 11 is 0. The molecule has 0 aliphatic rings. The van der Waals surface area contributed by atoms with E-state index in [4.69, 9.17) is 4.74 Å². The van der Waals surface area contributed by atoms with Crippen molar-refractivity contribution in [3.05, 3.63) is 59.4 Å². The van der Waals surface area contributed by atoms with Gasteiger partial charge in [0, 0.05) is 11.8 Å². The largest absolute Gasteiger partial charge is 0.494 e. The molecule has 0 saturated heterocycles. The normalized spacial score (nSPS) is 10.6. The number of aromatic nitrogens is 1. The first kappa shape index (κ1) is 14.3. The van der Waals surface area contributed by atoms with E-state index in [1.165, 1.54) is 5.56 Å². The van der Waals surface area contributed by atoms with Crippen LogP contribution in [0.15, 0.2) is 42.7 Å². The lowest BCUT2D eigenvalue weighted by Crippen LogP contribution is -2.05. The fourth-order valence-corrected chi connectivity index (χ4v) is 2.20. The van der Waals surface area contributed by atoms with Crippen LogP contribution in [-0.4, -0.2) is 17.9 Å². The molecule has 2 rings (SSSR count). The Morgan fingerprint density at radius 2 is 2.10 bits per heavy atom. The van der Waals surface area contributed by atoms with Crippen molar-refractivity contribution in [3.63, 3.8) is 0 Å². The molecule has 3 nitrogen and oxygen atoms in total. The highest BCUT2D eigenvalue weighted by atomic mass is 16.5. The second kappa shape index (κ2) is 6.33. The van der Waals surface area contributed by atoms with Crippen LogP contribution in [0.1, 0.15) is 35.3 Å². The summed E-state index contributed by atoms with van der Waals surface area (Å²) in [6.45, 7) is 4.33. The Hall–Kier alpha value is -2.16. The van der Waals surface area contributed by atoms with Crippen LogP contribution in [0.3, 0.4) is 0 Å². The molecule has 20 heavy (non-hydrogen) atoms. The van der Waals surface area contributed by atoms with Crippen molar-refractivity contribution in [2.75, 3.05) is 7.11 Å². The summed E-state index contributed by atoms with van der Waals surface area (Å²) in [6.07, 6.45) is 4.13. The highest BCUT2D eigenvalue weighted by molar-refractivity contribution is 6.10. The summed E-state index contributed by atoms with van der Waals surface area (Å²) in [5, 5.41) is 0. The first-order chi connectivity index (χ1) is 9.61. The van der Waals surface area contributed by atoms with Crippen LogP contribution in [0.4, 0.5) is 0 Å². The van der Waals surface area contributed by atoms with Crippen LogP contribution >= 0.6 is 0 Å². The number of nitrogens with zero attached hydrogens (tertiary/aromatic N) is 1. The van der Waals surface area contributed by atoms with E-state index in [0.717, 1.165) is 6.42 Å². The van der Waals surface area contributed by atoms with E-state index in [0.29, 0.717) is 22.8 Å². The van der Waals surface area contributed by atoms with Gasteiger partial charge in [-0.25, -0.2) is 0 Å². The number of carbonyl (C=O) groups is 1. The highest BCUT2D eigenvalue weighted by Crippen LogP contribution is 2.21. The second-order valence-corrected chi connectivity index (χ2v) is 5.20. The fraction of sp³-hybridized carbons (Fsp3) is 0.294. The fourth-order valence-electron chi connectivity index (χ4n) is 2.20. The molecular weight excluding hydrogens is 250 g/mol. The van der Waals surface area contributed by atoms with Crippen LogP contribution in [0.2, 0.25) is 0 Å². The number of benzene rings is 1. The molecule has 104 valence electrons. The Bertz CT molecular complexity index is 605. The maximum Gasteiger partial charge on any atom is 0.196 e. The maximum absolute atomic E-state index is 12.6. The van der Waals surface area contributed by atoms with Gasteiger partial charge < -0.3 is 4.74 Å². The number of ketones is 1. The van der Waals surface area contributed by atoms with Crippen molar-refractivity contribution in [2.24, 2.45) is 5.92 Å². The minimum absolute atomic E-state index is 0.0325. The van der Waals surface area contributed by atoms with Crippen molar-refractivity contribution in [2.45, 2.75) is 20.3 Å². The van der Waals surface area contributed by atoms with Gasteiger partial charge in [0.15, 0.2) is 5.78 Å². The number of methoxy groups -OCH3 is 1. The van der Waals surface area contributed by atoms with Crippen molar-refractivity contribution >= 4 is 5.78 Å². The van der Waals surface area contributed by atoms with Crippen LogP contribution < -0.4 is 4.74 Å². The summed E-state index contributed by atoms with van der Waals surface area (Å²) in [6, 6.07) is 9.48. The van der Waals surface area contributed by atoms with Crippen molar-refractivity contribution in [3.8, 4) is 5.75 Å². The summed E-state index contributed by atoms with van der Waals surface area (Å²) in [5.74, 6) is 1.04. The van der Waals surface area contributed by atoms with Gasteiger partial charge in [0.25, 0.3) is 0 Å². The Balaban J connectivity index is 2.33. The van der Waals surface area contributed by atoms with E-state index in [-0.39, 0.29) is 5.78 Å². The molecule has 1 aromatic carbocycles. The zero-order valence-corrected chi connectivity index (χ0v) is 12.1. The minimum Gasteiger partial charge on any atom is -0.494 e. The standard InChI is InChI=1S/C17H19NO2/c1-12(2)9-13-5-4-6-14(10-13)17(19)15-7-8-18-11-16(15)20-3/h4-8,10-12H,9H2,1-3H3. The molecule has 0 saturated carbocycles. The molecule has 0 radical (unpaired) electrons. The third-order valence-corrected chi connectivity index (χ3v) is 3.08. The summed E-state index contributed by atoms with van der Waals surface area (Å²) in [7, 11) is 1.54. The monoisotopic (exact) mass is 269 g/mol. The molecule has 0 N–H and O–H groups in total. The van der Waals surface area contributed by atoms with E-state index in [1.807, 2.05) is 18.2 Å². The maximum atomic E-state index is 12.6. The van der Waals surface area contributed by atoms with Gasteiger partial charge in [0.1, 0.15) is 5.75 Å². The first-order valence-corrected chi connectivity index (χ1v) is 6.73. The van der Waals surface area contributed by atoms with E-state index in [9.17, 15) is 4.79 Å². The molecule has 2 aromatic rings. The quantitative estimate of drug-likeness (QED) is 0.780. The number of pyridine rings is 1. The van der Waals surface area contributed by atoms with Gasteiger partial charge in [-0.2, -0.15) is 0 Å². The number of hydrogen-bond donors (Lipinski definition) is 0. The van der Waals surface area contributed by atoms with Gasteiger partial charge in [-0.3, -0.25) is 9.78 Å². The molecule has 0 atom stereocenters. The lowest BCUT2D eigenvalue weighted by molar-refractivity contribution is 0.103. The van der Waals surface area contributed by atoms with Crippen LogP contribution in [0.5, 0.6) is 5.75 Å². The van der Waals surface area contributed by atoms with Gasteiger partial charge in [-0.1, -0.05) is 32.0 Å². The van der Waals surface area contributed by atoms with Gasteiger partial charge in [-0.15, -0.1) is 0 Å². The molecule has 0 aliphatic carbocycles. The predicted octanol–water partition coefficient (Wildman–Crippen LogP) is 3.52. The molecule has 1 aromatic heterocycles. The minimum atomic E-state index is -0.0325. The smallest absolute Gasteiger partial charge is 0.196 e. The van der Waals surface area contributed by atoms with Gasteiger partial charge in [0.05, 0.1) is 18.9 Å². The Kier molecular flexibility index (Phi) is 4.51. The summed E-state index contributed by atoms with van der Waals surface area (Å²) in [5.41, 5.74) is 2.41. The van der Waals surface area contributed by atoms with Crippen molar-refractivity contribution in [1.29, 1.82) is 0 Å². The molecule has 0 bridgehead atoms. The Morgan fingerprint density at radius 1 is 1.30 bits per heavy atom. The molecular formula is C17H19NO2. The van der Waals surface area contributed by atoms with E-state index >= 15 is 0 Å². The average molecular weight is 269 g/mol. The van der Waals surface area contributed by atoms with Crippen LogP contribution in [0.25, 0.3) is 0 Å². The third kappa shape index (κ3) is 3.23. The number of hydrogen-bond acceptors (Lipinski definition) is 3. The van der Waals surface area contributed by atoms with Crippen LogP contribution in [0, 0.1) is 5.92 Å². The van der Waals surface area contributed by atoms with E-state index in [1.54, 1.807) is 25.6 Å². The lowest BCUT2D eigenvalue weighted by atomic mass is 9.97. The molecule has 3 heteroatoms. The number of carbonyl (C=O) groups excluding carboxylic acids is 1. The Morgan fingerprint density at radius 3 is 2.80 bits per heavy atom. The number of rotatable bonds is 5. The van der Waals surface area contributed by atoms with Crippen LogP contribution in [-0.2, 0) is 6.42 Å². The van der Waals surface area contributed by atoms with Gasteiger partial charge >= 0.3 is 0 Å². The molecule has 0 spiro atoms. The van der Waals surface area contributed by atoms with Crippen molar-refractivity contribution in [1.82, 2.24) is 4.98 Å². The highest BCUT2D eigenvalue weighted by Gasteiger charge is 2.14. The molecule has 0 fully saturated rings. The van der Waals surface area contributed by atoms with E-state index < -0.39 is 0 Å². The second-order valence-electron chi connectivity index (χ2n) is 5.20. The zero-order valence-electron chi connectivity index (χ0n) is 12.1. The van der Waals surface area contributed by atoms with E-state index in [2.05, 4.69) is 24.9 Å². The molecule has 0 amide bonds. The predicted molar refractivity (Wildman–Crippen MR) is 79.2 cm³/mol.